The van der Waals surface area contributed by atoms with Crippen molar-refractivity contribution in [3.8, 4) is 0 Å². The molecular weight excluding hydrogens is 300 g/mol. The van der Waals surface area contributed by atoms with E-state index in [4.69, 9.17) is 0 Å². The summed E-state index contributed by atoms with van der Waals surface area (Å²) in [5, 5.41) is 0. The van der Waals surface area contributed by atoms with Gasteiger partial charge in [0, 0.05) is 31.0 Å². The van der Waals surface area contributed by atoms with Crippen LogP contribution in [0.1, 0.15) is 30.7 Å². The Bertz CT molecular complexity index is 775. The summed E-state index contributed by atoms with van der Waals surface area (Å²) in [6, 6.07) is 8.30. The minimum Gasteiger partial charge on any atom is -0.308 e. The Hall–Kier alpha value is -2.27. The lowest BCUT2D eigenvalue weighted by atomic mass is 10.0. The van der Waals surface area contributed by atoms with Crippen LogP contribution in [0.15, 0.2) is 36.8 Å². The number of carbonyl (C=O) groups is 1. The smallest absolute Gasteiger partial charge is 0.244 e. The number of nitrogens with zero attached hydrogens (tertiary/aromatic N) is 4. The summed E-state index contributed by atoms with van der Waals surface area (Å²) in [4.78, 5) is 25.9. The lowest BCUT2D eigenvalue weighted by Gasteiger charge is -2.35. The van der Waals surface area contributed by atoms with Crippen LogP contribution >= 0.6 is 0 Å². The third-order valence-electron chi connectivity index (χ3n) is 5.25. The van der Waals surface area contributed by atoms with Crippen molar-refractivity contribution in [1.82, 2.24) is 14.9 Å². The first-order chi connectivity index (χ1) is 11.6. The Kier molecular flexibility index (Phi) is 3.81. The number of rotatable bonds is 2. The highest BCUT2D eigenvalue weighted by Crippen LogP contribution is 2.33. The average Bonchev–Trinajstić information content (AvgIpc) is 2.95. The van der Waals surface area contributed by atoms with E-state index in [1.165, 1.54) is 11.1 Å². The van der Waals surface area contributed by atoms with E-state index < -0.39 is 0 Å². The molecule has 124 valence electrons. The van der Waals surface area contributed by atoms with Crippen molar-refractivity contribution >= 4 is 11.6 Å². The molecule has 0 fully saturated rings. The van der Waals surface area contributed by atoms with Gasteiger partial charge < -0.3 is 4.90 Å². The summed E-state index contributed by atoms with van der Waals surface area (Å²) in [7, 11) is 0. The maximum Gasteiger partial charge on any atom is 0.244 e. The van der Waals surface area contributed by atoms with Crippen molar-refractivity contribution in [2.24, 2.45) is 0 Å². The molecule has 0 radical (unpaired) electrons. The summed E-state index contributed by atoms with van der Waals surface area (Å²) in [5.74, 6) is 0.185. The molecule has 4 rings (SSSR count). The highest BCUT2D eigenvalue weighted by atomic mass is 16.2. The zero-order valence-electron chi connectivity index (χ0n) is 14.1. The third-order valence-corrected chi connectivity index (χ3v) is 5.25. The molecule has 0 bridgehead atoms. The van der Waals surface area contributed by atoms with Gasteiger partial charge in [-0.2, -0.15) is 0 Å². The fraction of sp³-hybridized carbons (Fsp3) is 0.421. The van der Waals surface area contributed by atoms with Crippen LogP contribution in [-0.2, 0) is 24.2 Å². The number of amides is 1. The summed E-state index contributed by atoms with van der Waals surface area (Å²) in [6.45, 7) is 5.73. The lowest BCUT2D eigenvalue weighted by Crippen LogP contribution is -2.50. The molecule has 0 saturated carbocycles. The molecule has 2 aliphatic rings. The Morgan fingerprint density at radius 3 is 3.00 bits per heavy atom. The van der Waals surface area contributed by atoms with Gasteiger partial charge in [0.15, 0.2) is 0 Å². The predicted octanol–water partition coefficient (Wildman–Crippen LogP) is 2.20. The molecule has 1 aromatic heterocycles. The second-order valence-electron chi connectivity index (χ2n) is 6.78. The van der Waals surface area contributed by atoms with Crippen LogP contribution in [0.3, 0.4) is 0 Å². The first kappa shape index (κ1) is 15.3. The Morgan fingerprint density at radius 2 is 2.12 bits per heavy atom. The molecule has 5 heteroatoms. The molecule has 0 N–H and O–H groups in total. The summed E-state index contributed by atoms with van der Waals surface area (Å²) >= 11 is 0. The SMILES string of the molecule is C[C@H](C(=O)N1c2ccccc2C[C@H]1C)N1CCc2cncnc2C1. The molecule has 0 saturated heterocycles. The van der Waals surface area contributed by atoms with Crippen molar-refractivity contribution in [2.45, 2.75) is 45.3 Å². The molecule has 2 aromatic rings. The van der Waals surface area contributed by atoms with Crippen LogP contribution in [0.25, 0.3) is 0 Å². The number of hydrogen-bond donors (Lipinski definition) is 0. The first-order valence-corrected chi connectivity index (χ1v) is 8.58. The van der Waals surface area contributed by atoms with Crippen molar-refractivity contribution < 1.29 is 4.79 Å². The zero-order chi connectivity index (χ0) is 16.7. The highest BCUT2D eigenvalue weighted by Gasteiger charge is 2.36. The number of hydrogen-bond acceptors (Lipinski definition) is 4. The number of anilines is 1. The summed E-state index contributed by atoms with van der Waals surface area (Å²) in [6.07, 6.45) is 5.32. The lowest BCUT2D eigenvalue weighted by molar-refractivity contribution is -0.123. The fourth-order valence-electron chi connectivity index (χ4n) is 3.86. The Labute approximate surface area is 142 Å². The molecule has 1 aromatic carbocycles. The van der Waals surface area contributed by atoms with E-state index in [9.17, 15) is 4.79 Å². The van der Waals surface area contributed by atoms with Crippen molar-refractivity contribution in [3.63, 3.8) is 0 Å². The molecule has 5 nitrogen and oxygen atoms in total. The van der Waals surface area contributed by atoms with Crippen LogP contribution < -0.4 is 4.90 Å². The molecular formula is C19H22N4O. The van der Waals surface area contributed by atoms with Gasteiger partial charge in [0.2, 0.25) is 5.91 Å². The second kappa shape index (κ2) is 5.98. The van der Waals surface area contributed by atoms with Crippen molar-refractivity contribution in [1.29, 1.82) is 0 Å². The van der Waals surface area contributed by atoms with Gasteiger partial charge in [-0.1, -0.05) is 18.2 Å². The Balaban J connectivity index is 1.55. The minimum atomic E-state index is -0.151. The molecule has 24 heavy (non-hydrogen) atoms. The van der Waals surface area contributed by atoms with E-state index in [0.717, 1.165) is 30.8 Å². The van der Waals surface area contributed by atoms with E-state index in [1.807, 2.05) is 30.2 Å². The second-order valence-corrected chi connectivity index (χ2v) is 6.78. The van der Waals surface area contributed by atoms with E-state index in [-0.39, 0.29) is 18.0 Å². The number of aromatic nitrogens is 2. The van der Waals surface area contributed by atoms with Crippen LogP contribution in [-0.4, -0.2) is 39.4 Å². The Morgan fingerprint density at radius 1 is 1.29 bits per heavy atom. The van der Waals surface area contributed by atoms with E-state index in [0.29, 0.717) is 6.54 Å². The molecule has 1 amide bonds. The normalized spacial score (nSPS) is 21.2. The number of para-hydroxylation sites is 1. The molecule has 0 unspecified atom stereocenters. The quantitative estimate of drug-likeness (QED) is 0.850. The van der Waals surface area contributed by atoms with Gasteiger partial charge in [-0.3, -0.25) is 9.69 Å². The largest absolute Gasteiger partial charge is 0.308 e. The number of fused-ring (bicyclic) bond motifs is 2. The van der Waals surface area contributed by atoms with E-state index >= 15 is 0 Å². The predicted molar refractivity (Wildman–Crippen MR) is 92.7 cm³/mol. The van der Waals surface area contributed by atoms with Gasteiger partial charge in [-0.25, -0.2) is 9.97 Å². The summed E-state index contributed by atoms with van der Waals surface area (Å²) < 4.78 is 0. The van der Waals surface area contributed by atoms with Gasteiger partial charge in [0.25, 0.3) is 0 Å². The summed E-state index contributed by atoms with van der Waals surface area (Å²) in [5.41, 5.74) is 4.59. The van der Waals surface area contributed by atoms with Crippen LogP contribution in [0, 0.1) is 0 Å². The van der Waals surface area contributed by atoms with E-state index in [1.54, 1.807) is 6.33 Å². The molecule has 0 spiro atoms. The maximum absolute atomic E-state index is 13.2. The number of carbonyl (C=O) groups excluding carboxylic acids is 1. The number of benzene rings is 1. The fourth-order valence-corrected chi connectivity index (χ4v) is 3.86. The van der Waals surface area contributed by atoms with Crippen molar-refractivity contribution in [2.75, 3.05) is 11.4 Å². The molecule has 2 aliphatic heterocycles. The average molecular weight is 322 g/mol. The van der Waals surface area contributed by atoms with Crippen LogP contribution in [0.5, 0.6) is 0 Å². The first-order valence-electron chi connectivity index (χ1n) is 8.58. The third kappa shape index (κ3) is 2.49. The molecule has 2 atom stereocenters. The van der Waals surface area contributed by atoms with Gasteiger partial charge in [0.1, 0.15) is 6.33 Å². The topological polar surface area (TPSA) is 49.3 Å². The van der Waals surface area contributed by atoms with Crippen LogP contribution in [0.4, 0.5) is 5.69 Å². The zero-order valence-corrected chi connectivity index (χ0v) is 14.1. The van der Waals surface area contributed by atoms with Gasteiger partial charge >= 0.3 is 0 Å². The van der Waals surface area contributed by atoms with Gasteiger partial charge in [-0.05, 0) is 43.9 Å². The van der Waals surface area contributed by atoms with Gasteiger partial charge in [0.05, 0.1) is 11.7 Å². The van der Waals surface area contributed by atoms with E-state index in [2.05, 4.69) is 33.9 Å². The highest BCUT2D eigenvalue weighted by molar-refractivity contribution is 5.99. The monoisotopic (exact) mass is 322 g/mol. The van der Waals surface area contributed by atoms with Gasteiger partial charge in [-0.15, -0.1) is 0 Å². The van der Waals surface area contributed by atoms with Crippen LogP contribution in [0.2, 0.25) is 0 Å². The molecule has 3 heterocycles. The minimum absolute atomic E-state index is 0.151. The van der Waals surface area contributed by atoms with Crippen molar-refractivity contribution in [3.05, 3.63) is 53.6 Å². The molecule has 0 aliphatic carbocycles. The maximum atomic E-state index is 13.2. The standard InChI is InChI=1S/C19H22N4O/c1-13-9-15-5-3-4-6-18(15)23(13)19(24)14(2)22-8-7-16-10-20-12-21-17(16)11-22/h3-6,10,12-14H,7-9,11H2,1-2H3/t13-,14-/m1/s1.